The zero-order valence-electron chi connectivity index (χ0n) is 12.3. The van der Waals surface area contributed by atoms with Crippen molar-refractivity contribution in [1.29, 1.82) is 0 Å². The van der Waals surface area contributed by atoms with Gasteiger partial charge in [0.1, 0.15) is 0 Å². The van der Waals surface area contributed by atoms with Crippen molar-refractivity contribution in [2.45, 2.75) is 43.7 Å². The molecule has 1 aliphatic heterocycles. The summed E-state index contributed by atoms with van der Waals surface area (Å²) in [6.45, 7) is 5.18. The van der Waals surface area contributed by atoms with E-state index < -0.39 is 0 Å². The lowest BCUT2D eigenvalue weighted by atomic mass is 10.0. The van der Waals surface area contributed by atoms with Crippen LogP contribution in [0.15, 0.2) is 23.1 Å². The molecule has 6 heteroatoms. The molecular formula is C15H22Cl2N2OS. The van der Waals surface area contributed by atoms with E-state index in [9.17, 15) is 4.79 Å². The first-order valence-corrected chi connectivity index (χ1v) is 8.43. The molecule has 0 spiro atoms. The maximum absolute atomic E-state index is 12.5. The molecule has 1 heterocycles. The fourth-order valence-corrected chi connectivity index (χ4v) is 3.44. The quantitative estimate of drug-likeness (QED) is 0.814. The molecule has 0 radical (unpaired) electrons. The van der Waals surface area contributed by atoms with E-state index in [1.807, 2.05) is 12.1 Å². The van der Waals surface area contributed by atoms with Gasteiger partial charge >= 0.3 is 0 Å². The zero-order chi connectivity index (χ0) is 14.5. The number of amides is 1. The predicted octanol–water partition coefficient (Wildman–Crippen LogP) is 3.74. The molecule has 1 aromatic carbocycles. The van der Waals surface area contributed by atoms with Crippen LogP contribution in [0.2, 0.25) is 5.02 Å². The number of hydrogen-bond acceptors (Lipinski definition) is 3. The van der Waals surface area contributed by atoms with Crippen molar-refractivity contribution in [3.63, 3.8) is 0 Å². The van der Waals surface area contributed by atoms with E-state index in [-0.39, 0.29) is 24.4 Å². The smallest absolute Gasteiger partial charge is 0.252 e. The van der Waals surface area contributed by atoms with Gasteiger partial charge < -0.3 is 10.6 Å². The van der Waals surface area contributed by atoms with E-state index in [1.54, 1.807) is 17.8 Å². The van der Waals surface area contributed by atoms with Crippen LogP contribution in [-0.4, -0.2) is 30.3 Å². The van der Waals surface area contributed by atoms with Crippen LogP contribution in [0, 0.1) is 0 Å². The molecule has 118 valence electrons. The Morgan fingerprint density at radius 1 is 1.52 bits per heavy atom. The first kappa shape index (κ1) is 18.6. The second-order valence-corrected chi connectivity index (χ2v) is 6.87. The second-order valence-electron chi connectivity index (χ2n) is 5.12. The standard InChI is InChI=1S/C15H21ClN2OS.ClH/c1-3-20-14-5-4-11(16)9-13(14)15(19)18-12-6-7-17-10(2)8-12;/h4-5,9-10,12,17H,3,6-8H2,1-2H3,(H,18,19);1H. The first-order chi connectivity index (χ1) is 9.60. The monoisotopic (exact) mass is 348 g/mol. The van der Waals surface area contributed by atoms with Gasteiger partial charge in [0.15, 0.2) is 0 Å². The van der Waals surface area contributed by atoms with Crippen LogP contribution in [0.1, 0.15) is 37.0 Å². The predicted molar refractivity (Wildman–Crippen MR) is 93.1 cm³/mol. The normalized spacial score (nSPS) is 21.5. The molecule has 1 aromatic rings. The number of carbonyl (C=O) groups excluding carboxylic acids is 1. The number of carbonyl (C=O) groups is 1. The minimum absolute atomic E-state index is 0. The van der Waals surface area contributed by atoms with E-state index in [0.717, 1.165) is 30.0 Å². The van der Waals surface area contributed by atoms with E-state index in [2.05, 4.69) is 24.5 Å². The Morgan fingerprint density at radius 3 is 2.95 bits per heavy atom. The third-order valence-electron chi connectivity index (χ3n) is 3.44. The van der Waals surface area contributed by atoms with Crippen molar-refractivity contribution in [2.24, 2.45) is 0 Å². The molecule has 0 bridgehead atoms. The summed E-state index contributed by atoms with van der Waals surface area (Å²) in [5.74, 6) is 0.925. The molecule has 2 unspecified atom stereocenters. The largest absolute Gasteiger partial charge is 0.349 e. The summed E-state index contributed by atoms with van der Waals surface area (Å²) in [6, 6.07) is 6.23. The Kier molecular flexibility index (Phi) is 7.88. The third-order valence-corrected chi connectivity index (χ3v) is 4.64. The molecule has 0 aliphatic carbocycles. The van der Waals surface area contributed by atoms with Gasteiger partial charge in [-0.25, -0.2) is 0 Å². The fraction of sp³-hybridized carbons (Fsp3) is 0.533. The highest BCUT2D eigenvalue weighted by Crippen LogP contribution is 2.26. The summed E-state index contributed by atoms with van der Waals surface area (Å²) >= 11 is 7.70. The van der Waals surface area contributed by atoms with Crippen LogP contribution in [0.4, 0.5) is 0 Å². The average Bonchev–Trinajstić information content (AvgIpc) is 2.41. The molecule has 0 saturated carbocycles. The van der Waals surface area contributed by atoms with E-state index in [0.29, 0.717) is 16.6 Å². The molecule has 1 amide bonds. The SMILES string of the molecule is CCSc1ccc(Cl)cc1C(=O)NC1CCNC(C)C1.Cl. The van der Waals surface area contributed by atoms with Crippen LogP contribution in [0.25, 0.3) is 0 Å². The second kappa shape index (κ2) is 8.89. The Hall–Kier alpha value is -0.420. The summed E-state index contributed by atoms with van der Waals surface area (Å²) in [4.78, 5) is 13.5. The van der Waals surface area contributed by atoms with Gasteiger partial charge in [0.05, 0.1) is 5.56 Å². The average molecular weight is 349 g/mol. The van der Waals surface area contributed by atoms with Gasteiger partial charge in [-0.3, -0.25) is 4.79 Å². The number of hydrogen-bond donors (Lipinski definition) is 2. The molecule has 21 heavy (non-hydrogen) atoms. The van der Waals surface area contributed by atoms with Gasteiger partial charge in [0.25, 0.3) is 5.91 Å². The van der Waals surface area contributed by atoms with Crippen LogP contribution in [0.5, 0.6) is 0 Å². The fourth-order valence-electron chi connectivity index (χ4n) is 2.49. The highest BCUT2D eigenvalue weighted by molar-refractivity contribution is 7.99. The highest BCUT2D eigenvalue weighted by atomic mass is 35.5. The van der Waals surface area contributed by atoms with Gasteiger partial charge in [-0.05, 0) is 50.3 Å². The number of rotatable bonds is 4. The number of halogens is 2. The summed E-state index contributed by atoms with van der Waals surface area (Å²) in [5, 5.41) is 7.14. The van der Waals surface area contributed by atoms with Crippen molar-refractivity contribution >= 4 is 41.7 Å². The third kappa shape index (κ3) is 5.37. The summed E-state index contributed by atoms with van der Waals surface area (Å²) in [6.07, 6.45) is 1.95. The van der Waals surface area contributed by atoms with Gasteiger partial charge in [-0.2, -0.15) is 0 Å². The molecule has 1 saturated heterocycles. The molecule has 0 aromatic heterocycles. The Balaban J connectivity index is 0.00000220. The van der Waals surface area contributed by atoms with Crippen molar-refractivity contribution < 1.29 is 4.79 Å². The Morgan fingerprint density at radius 2 is 2.29 bits per heavy atom. The minimum atomic E-state index is -0.0115. The maximum Gasteiger partial charge on any atom is 0.252 e. The lowest BCUT2D eigenvalue weighted by molar-refractivity contribution is 0.0922. The van der Waals surface area contributed by atoms with Crippen molar-refractivity contribution in [3.8, 4) is 0 Å². The zero-order valence-corrected chi connectivity index (χ0v) is 14.7. The molecule has 3 nitrogen and oxygen atoms in total. The van der Waals surface area contributed by atoms with E-state index in [4.69, 9.17) is 11.6 Å². The molecule has 1 aliphatic rings. The summed E-state index contributed by atoms with van der Waals surface area (Å²) in [7, 11) is 0. The molecule has 2 rings (SSSR count). The van der Waals surface area contributed by atoms with Gasteiger partial charge in [0.2, 0.25) is 0 Å². The minimum Gasteiger partial charge on any atom is -0.349 e. The number of thioether (sulfide) groups is 1. The van der Waals surface area contributed by atoms with Crippen molar-refractivity contribution in [2.75, 3.05) is 12.3 Å². The lowest BCUT2D eigenvalue weighted by Gasteiger charge is -2.28. The Labute approximate surface area is 142 Å². The highest BCUT2D eigenvalue weighted by Gasteiger charge is 2.21. The van der Waals surface area contributed by atoms with Crippen LogP contribution < -0.4 is 10.6 Å². The number of benzene rings is 1. The molecule has 2 atom stereocenters. The van der Waals surface area contributed by atoms with Gasteiger partial charge in [-0.1, -0.05) is 18.5 Å². The van der Waals surface area contributed by atoms with Gasteiger partial charge in [0, 0.05) is 22.0 Å². The van der Waals surface area contributed by atoms with E-state index >= 15 is 0 Å². The molecular weight excluding hydrogens is 327 g/mol. The summed E-state index contributed by atoms with van der Waals surface area (Å²) < 4.78 is 0. The van der Waals surface area contributed by atoms with Crippen LogP contribution in [0.3, 0.4) is 0 Å². The van der Waals surface area contributed by atoms with E-state index in [1.165, 1.54) is 0 Å². The van der Waals surface area contributed by atoms with Crippen molar-refractivity contribution in [3.05, 3.63) is 28.8 Å². The Bertz CT molecular complexity index is 485. The summed E-state index contributed by atoms with van der Waals surface area (Å²) in [5.41, 5.74) is 0.690. The maximum atomic E-state index is 12.5. The van der Waals surface area contributed by atoms with Crippen LogP contribution >= 0.6 is 35.8 Å². The molecule has 1 fully saturated rings. The van der Waals surface area contributed by atoms with Crippen LogP contribution in [-0.2, 0) is 0 Å². The topological polar surface area (TPSA) is 41.1 Å². The molecule has 2 N–H and O–H groups in total. The van der Waals surface area contributed by atoms with Gasteiger partial charge in [-0.15, -0.1) is 24.2 Å². The number of piperidine rings is 1. The van der Waals surface area contributed by atoms with Crippen molar-refractivity contribution in [1.82, 2.24) is 10.6 Å². The lowest BCUT2D eigenvalue weighted by Crippen LogP contribution is -2.46. The number of nitrogens with one attached hydrogen (secondary N) is 2. The first-order valence-electron chi connectivity index (χ1n) is 7.06.